The number of aryl methyl sites for hydroxylation is 1. The van der Waals surface area contributed by atoms with Crippen molar-refractivity contribution in [2.75, 3.05) is 18.0 Å². The number of aromatic nitrogens is 5. The average Bonchev–Trinajstić information content (AvgIpc) is 3.42. The van der Waals surface area contributed by atoms with Gasteiger partial charge in [0.25, 0.3) is 5.89 Å². The van der Waals surface area contributed by atoms with Gasteiger partial charge in [0.05, 0.1) is 24.3 Å². The van der Waals surface area contributed by atoms with Gasteiger partial charge in [-0.2, -0.15) is 4.98 Å². The van der Waals surface area contributed by atoms with Crippen LogP contribution in [0.2, 0.25) is 0 Å². The highest BCUT2D eigenvalue weighted by molar-refractivity contribution is 6.00. The molecule has 150 valence electrons. The number of carbonyl (C=O) groups excluding carboxylic acids is 2. The van der Waals surface area contributed by atoms with Crippen LogP contribution in [0.25, 0.3) is 11.6 Å². The molecule has 10 nitrogen and oxygen atoms in total. The molecule has 2 aromatic heterocycles. The van der Waals surface area contributed by atoms with Gasteiger partial charge in [-0.1, -0.05) is 22.5 Å². The van der Waals surface area contributed by atoms with E-state index in [9.17, 15) is 14.0 Å². The molecule has 3 heterocycles. The highest BCUT2D eigenvalue weighted by atomic mass is 19.1. The first-order chi connectivity index (χ1) is 14.0. The number of hydrogen-bond acceptors (Lipinski definition) is 7. The maximum absolute atomic E-state index is 13.9. The van der Waals surface area contributed by atoms with Crippen LogP contribution in [0.4, 0.5) is 10.1 Å². The molecule has 29 heavy (non-hydrogen) atoms. The minimum atomic E-state index is -0.533. The number of benzene rings is 1. The quantitative estimate of drug-likeness (QED) is 0.655. The van der Waals surface area contributed by atoms with E-state index >= 15 is 0 Å². The summed E-state index contributed by atoms with van der Waals surface area (Å²) in [6.07, 6.45) is 1.68. The molecule has 1 aliphatic rings. The summed E-state index contributed by atoms with van der Waals surface area (Å²) in [7, 11) is 0. The Morgan fingerprint density at radius 1 is 1.38 bits per heavy atom. The van der Waals surface area contributed by atoms with Crippen molar-refractivity contribution in [1.82, 2.24) is 30.5 Å². The van der Waals surface area contributed by atoms with Crippen molar-refractivity contribution < 1.29 is 18.5 Å². The molecule has 0 aliphatic carbocycles. The number of anilines is 1. The van der Waals surface area contributed by atoms with Gasteiger partial charge < -0.3 is 14.7 Å². The Balaban J connectivity index is 1.30. The lowest BCUT2D eigenvalue weighted by Crippen LogP contribution is -2.35. The topological polar surface area (TPSA) is 119 Å². The van der Waals surface area contributed by atoms with Gasteiger partial charge in [0.1, 0.15) is 5.82 Å². The lowest BCUT2D eigenvalue weighted by molar-refractivity contribution is -0.126. The molecule has 1 aromatic carbocycles. The highest BCUT2D eigenvalue weighted by Crippen LogP contribution is 2.27. The molecule has 1 N–H and O–H groups in total. The Hall–Kier alpha value is -3.63. The zero-order valence-corrected chi connectivity index (χ0v) is 15.6. The molecular formula is C18H18FN7O3. The third-order valence-electron chi connectivity index (χ3n) is 4.56. The van der Waals surface area contributed by atoms with Gasteiger partial charge in [-0.05, 0) is 19.1 Å². The second-order valence-electron chi connectivity index (χ2n) is 6.66. The summed E-state index contributed by atoms with van der Waals surface area (Å²) in [4.78, 5) is 30.0. The minimum Gasteiger partial charge on any atom is -0.354 e. The van der Waals surface area contributed by atoms with E-state index in [1.165, 1.54) is 17.0 Å². The van der Waals surface area contributed by atoms with Gasteiger partial charge in [-0.25, -0.2) is 9.07 Å². The summed E-state index contributed by atoms with van der Waals surface area (Å²) in [5, 5.41) is 14.4. The third-order valence-corrected chi connectivity index (χ3v) is 4.56. The minimum absolute atomic E-state index is 0.0458. The molecule has 0 saturated carbocycles. The van der Waals surface area contributed by atoms with E-state index in [4.69, 9.17) is 4.52 Å². The normalized spacial score (nSPS) is 16.4. The molecule has 2 amide bonds. The van der Waals surface area contributed by atoms with E-state index in [0.717, 1.165) is 0 Å². The molecule has 11 heteroatoms. The van der Waals surface area contributed by atoms with Crippen molar-refractivity contribution in [2.45, 2.75) is 19.9 Å². The molecule has 0 bridgehead atoms. The molecule has 1 unspecified atom stereocenters. The van der Waals surface area contributed by atoms with Crippen molar-refractivity contribution in [3.8, 4) is 11.6 Å². The van der Waals surface area contributed by atoms with E-state index in [2.05, 4.69) is 25.8 Å². The zero-order chi connectivity index (χ0) is 20.4. The number of nitrogens with one attached hydrogen (secondary N) is 1. The SMILES string of the molecule is Cc1noc(-c2cn(CCNC(=O)C3CC(=O)N(c4ccccc4F)C3)nn2)n1. The van der Waals surface area contributed by atoms with Crippen molar-refractivity contribution in [2.24, 2.45) is 5.92 Å². The molecule has 1 fully saturated rings. The standard InChI is InChI=1S/C18H18FN7O3/c1-11-21-18(29-23-11)14-10-25(24-22-14)7-6-20-17(28)12-8-16(27)26(9-12)15-5-3-2-4-13(15)19/h2-5,10,12H,6-9H2,1H3,(H,20,28). The van der Waals surface area contributed by atoms with Gasteiger partial charge in [-0.3, -0.25) is 9.59 Å². The third kappa shape index (κ3) is 3.98. The fourth-order valence-corrected chi connectivity index (χ4v) is 3.13. The van der Waals surface area contributed by atoms with Crippen LogP contribution < -0.4 is 10.2 Å². The Kier molecular flexibility index (Phi) is 5.02. The Bertz CT molecular complexity index is 1050. The van der Waals surface area contributed by atoms with Crippen molar-refractivity contribution >= 4 is 17.5 Å². The first-order valence-corrected chi connectivity index (χ1v) is 9.04. The number of hydrogen-bond donors (Lipinski definition) is 1. The maximum Gasteiger partial charge on any atom is 0.280 e. The van der Waals surface area contributed by atoms with Crippen LogP contribution in [0.1, 0.15) is 12.2 Å². The lowest BCUT2D eigenvalue weighted by atomic mass is 10.1. The summed E-state index contributed by atoms with van der Waals surface area (Å²) < 4.78 is 20.5. The molecule has 0 spiro atoms. The van der Waals surface area contributed by atoms with E-state index in [-0.39, 0.29) is 36.4 Å². The zero-order valence-electron chi connectivity index (χ0n) is 15.6. The first-order valence-electron chi connectivity index (χ1n) is 9.04. The van der Waals surface area contributed by atoms with Crippen molar-refractivity contribution in [1.29, 1.82) is 0 Å². The maximum atomic E-state index is 13.9. The molecule has 1 saturated heterocycles. The number of halogens is 1. The van der Waals surface area contributed by atoms with Crippen LogP contribution >= 0.6 is 0 Å². The van der Waals surface area contributed by atoms with Gasteiger partial charge in [0.2, 0.25) is 11.8 Å². The van der Waals surface area contributed by atoms with E-state index in [1.54, 1.807) is 29.9 Å². The number of rotatable bonds is 6. The van der Waals surface area contributed by atoms with Crippen LogP contribution in [0.15, 0.2) is 35.0 Å². The van der Waals surface area contributed by atoms with Gasteiger partial charge >= 0.3 is 0 Å². The molecule has 4 rings (SSSR count). The predicted octanol–water partition coefficient (Wildman–Crippen LogP) is 0.945. The Labute approximate surface area is 164 Å². The largest absolute Gasteiger partial charge is 0.354 e. The van der Waals surface area contributed by atoms with E-state index in [0.29, 0.717) is 24.6 Å². The molecular weight excluding hydrogens is 381 g/mol. The summed E-state index contributed by atoms with van der Waals surface area (Å²) in [5.41, 5.74) is 0.637. The van der Waals surface area contributed by atoms with Crippen LogP contribution in [0, 0.1) is 18.7 Å². The molecule has 0 radical (unpaired) electrons. The molecule has 1 aliphatic heterocycles. The highest BCUT2D eigenvalue weighted by Gasteiger charge is 2.35. The number of amides is 2. The van der Waals surface area contributed by atoms with E-state index < -0.39 is 11.7 Å². The second kappa shape index (κ2) is 7.78. The Morgan fingerprint density at radius 2 is 2.21 bits per heavy atom. The van der Waals surface area contributed by atoms with Crippen molar-refractivity contribution in [3.05, 3.63) is 42.1 Å². The van der Waals surface area contributed by atoms with Crippen LogP contribution in [-0.2, 0) is 16.1 Å². The number of nitrogens with zero attached hydrogens (tertiary/aromatic N) is 6. The van der Waals surface area contributed by atoms with E-state index in [1.807, 2.05) is 0 Å². The molecule has 1 atom stereocenters. The van der Waals surface area contributed by atoms with Crippen LogP contribution in [0.3, 0.4) is 0 Å². The smallest absolute Gasteiger partial charge is 0.280 e. The predicted molar refractivity (Wildman–Crippen MR) is 97.9 cm³/mol. The fourth-order valence-electron chi connectivity index (χ4n) is 3.13. The van der Waals surface area contributed by atoms with Crippen LogP contribution in [-0.4, -0.2) is 50.0 Å². The average molecular weight is 399 g/mol. The summed E-state index contributed by atoms with van der Waals surface area (Å²) in [6.45, 7) is 2.53. The second-order valence-corrected chi connectivity index (χ2v) is 6.66. The van der Waals surface area contributed by atoms with Gasteiger partial charge in [-0.15, -0.1) is 5.10 Å². The Morgan fingerprint density at radius 3 is 2.97 bits per heavy atom. The first kappa shape index (κ1) is 18.7. The molecule has 3 aromatic rings. The van der Waals surface area contributed by atoms with Gasteiger partial charge in [0.15, 0.2) is 11.5 Å². The number of para-hydroxylation sites is 1. The fraction of sp³-hybridized carbons (Fsp3) is 0.333. The monoisotopic (exact) mass is 399 g/mol. The summed E-state index contributed by atoms with van der Waals surface area (Å²) >= 11 is 0. The van der Waals surface area contributed by atoms with Gasteiger partial charge in [0, 0.05) is 19.5 Å². The summed E-state index contributed by atoms with van der Waals surface area (Å²) in [6, 6.07) is 6.03. The lowest BCUT2D eigenvalue weighted by Gasteiger charge is -2.17. The summed E-state index contributed by atoms with van der Waals surface area (Å²) in [5.74, 6) is -0.779. The van der Waals surface area contributed by atoms with Crippen molar-refractivity contribution in [3.63, 3.8) is 0 Å². The van der Waals surface area contributed by atoms with Crippen LogP contribution in [0.5, 0.6) is 0 Å². The number of carbonyl (C=O) groups is 2.